The van der Waals surface area contributed by atoms with E-state index in [9.17, 15) is 13.2 Å². The van der Waals surface area contributed by atoms with E-state index < -0.39 is 16.1 Å². The highest BCUT2D eigenvalue weighted by Crippen LogP contribution is 2.21. The maximum Gasteiger partial charge on any atom is 0.241 e. The fourth-order valence-electron chi connectivity index (χ4n) is 3.56. The van der Waals surface area contributed by atoms with Crippen molar-refractivity contribution in [3.8, 4) is 17.3 Å². The lowest BCUT2D eigenvalue weighted by molar-refractivity contribution is -0.129. The van der Waals surface area contributed by atoms with Gasteiger partial charge in [-0.25, -0.2) is 8.42 Å². The number of hydrogen-bond acceptors (Lipinski definition) is 5. The quantitative estimate of drug-likeness (QED) is 0.645. The molecule has 1 atom stereocenters. The topological polar surface area (TPSA) is 103 Å². The number of hydrogen-bond donors (Lipinski definition) is 1. The lowest BCUT2D eigenvalue weighted by Gasteiger charge is -2.17. The molecule has 1 fully saturated rings. The van der Waals surface area contributed by atoms with Crippen LogP contribution in [0.4, 0.5) is 0 Å². The fourth-order valence-corrected chi connectivity index (χ4v) is 4.78. The average molecular weight is 433 g/mol. The second-order valence-electron chi connectivity index (χ2n) is 7.27. The first-order valence-electron chi connectivity index (χ1n) is 9.78. The predicted octanol–water partition coefficient (Wildman–Crippen LogP) is 2.70. The van der Waals surface area contributed by atoms with Gasteiger partial charge in [0.15, 0.2) is 0 Å². The van der Waals surface area contributed by atoms with Gasteiger partial charge in [-0.2, -0.15) is 9.98 Å². The summed E-state index contributed by atoms with van der Waals surface area (Å²) in [4.78, 5) is 18.7. The third-order valence-electron chi connectivity index (χ3n) is 5.15. The summed E-state index contributed by atoms with van der Waals surface area (Å²) in [6, 6.07) is 20.2. The van der Waals surface area contributed by atoms with Gasteiger partial charge < -0.3 is 4.90 Å². The van der Waals surface area contributed by atoms with E-state index in [1.54, 1.807) is 41.4 Å². The summed E-state index contributed by atoms with van der Waals surface area (Å²) in [5.41, 5.74) is 2.92. The lowest BCUT2D eigenvalue weighted by Crippen LogP contribution is -2.41. The second-order valence-corrected chi connectivity index (χ2v) is 8.99. The number of pyridine rings is 1. The summed E-state index contributed by atoms with van der Waals surface area (Å²) in [6.45, 7) is 0.784. The van der Waals surface area contributed by atoms with Crippen molar-refractivity contribution in [1.29, 1.82) is 5.26 Å². The summed E-state index contributed by atoms with van der Waals surface area (Å²) in [5, 5.41) is 9.02. The Kier molecular flexibility index (Phi) is 5.80. The molecule has 1 saturated heterocycles. The van der Waals surface area contributed by atoms with E-state index in [2.05, 4.69) is 15.8 Å². The van der Waals surface area contributed by atoms with E-state index in [1.165, 1.54) is 12.1 Å². The highest BCUT2D eigenvalue weighted by atomic mass is 32.2. The van der Waals surface area contributed by atoms with E-state index in [0.717, 1.165) is 16.8 Å². The van der Waals surface area contributed by atoms with Crippen LogP contribution in [0.15, 0.2) is 77.8 Å². The maximum absolute atomic E-state index is 12.8. The molecule has 0 unspecified atom stereocenters. The lowest BCUT2D eigenvalue weighted by atomic mass is 10.1. The first-order chi connectivity index (χ1) is 15.0. The van der Waals surface area contributed by atoms with Gasteiger partial charge in [-0.05, 0) is 48.4 Å². The number of carbonyl (C=O) groups is 1. The minimum atomic E-state index is -3.84. The van der Waals surface area contributed by atoms with E-state index in [-0.39, 0.29) is 10.8 Å². The molecule has 1 aliphatic rings. The van der Waals surface area contributed by atoms with Gasteiger partial charge in [-0.3, -0.25) is 9.78 Å². The normalized spacial score (nSPS) is 16.3. The molecular weight excluding hydrogens is 412 g/mol. The van der Waals surface area contributed by atoms with Gasteiger partial charge >= 0.3 is 0 Å². The molecule has 1 amide bonds. The third kappa shape index (κ3) is 4.63. The molecule has 3 aromatic rings. The molecule has 7 nitrogen and oxygen atoms in total. The molecule has 0 bridgehead atoms. The standard InChI is InChI=1S/C23H20N4O3S/c24-15-17-4-3-5-18(14-17)16-27-13-11-22(23(27)28)26-31(29,30)20-9-7-19(8-10-20)21-6-1-2-12-25-21/h1-10,12,14,22,26H,11,13,16H2/t22-/m0/s1. The third-order valence-corrected chi connectivity index (χ3v) is 6.64. The van der Waals surface area contributed by atoms with E-state index in [0.29, 0.717) is 25.1 Å². The van der Waals surface area contributed by atoms with Crippen LogP contribution < -0.4 is 4.72 Å². The molecule has 0 saturated carbocycles. The Morgan fingerprint density at radius 1 is 1.10 bits per heavy atom. The molecule has 156 valence electrons. The van der Waals surface area contributed by atoms with Crippen LogP contribution in [0, 0.1) is 11.3 Å². The molecular formula is C23H20N4O3S. The number of carbonyl (C=O) groups excluding carboxylic acids is 1. The zero-order valence-corrected chi connectivity index (χ0v) is 17.4. The predicted molar refractivity (Wildman–Crippen MR) is 115 cm³/mol. The molecule has 4 rings (SSSR count). The first-order valence-corrected chi connectivity index (χ1v) is 11.3. The summed E-state index contributed by atoms with van der Waals surface area (Å²) in [5.74, 6) is -0.268. The van der Waals surface area contributed by atoms with E-state index in [1.807, 2.05) is 24.3 Å². The van der Waals surface area contributed by atoms with E-state index >= 15 is 0 Å². The van der Waals surface area contributed by atoms with Crippen LogP contribution in [0.2, 0.25) is 0 Å². The van der Waals surface area contributed by atoms with Crippen LogP contribution in [-0.4, -0.2) is 36.8 Å². The van der Waals surface area contributed by atoms with Crippen LogP contribution in [0.3, 0.4) is 0 Å². The number of benzene rings is 2. The van der Waals surface area contributed by atoms with Crippen LogP contribution >= 0.6 is 0 Å². The molecule has 1 N–H and O–H groups in total. The van der Waals surface area contributed by atoms with Crippen LogP contribution in [0.25, 0.3) is 11.3 Å². The smallest absolute Gasteiger partial charge is 0.241 e. The molecule has 0 radical (unpaired) electrons. The van der Waals surface area contributed by atoms with Crippen molar-refractivity contribution in [2.24, 2.45) is 0 Å². The SMILES string of the molecule is N#Cc1cccc(CN2CC[C@H](NS(=O)(=O)c3ccc(-c4ccccn4)cc3)C2=O)c1. The summed E-state index contributed by atoms with van der Waals surface area (Å²) >= 11 is 0. The second kappa shape index (κ2) is 8.68. The van der Waals surface area contributed by atoms with Crippen molar-refractivity contribution >= 4 is 15.9 Å². The number of likely N-dealkylation sites (tertiary alicyclic amines) is 1. The van der Waals surface area contributed by atoms with Crippen molar-refractivity contribution in [2.75, 3.05) is 6.54 Å². The van der Waals surface area contributed by atoms with Gasteiger partial charge in [-0.15, -0.1) is 0 Å². The van der Waals surface area contributed by atoms with Crippen molar-refractivity contribution in [2.45, 2.75) is 23.9 Å². The minimum Gasteiger partial charge on any atom is -0.337 e. The largest absolute Gasteiger partial charge is 0.337 e. The Morgan fingerprint density at radius 3 is 2.61 bits per heavy atom. The van der Waals surface area contributed by atoms with Crippen molar-refractivity contribution in [3.05, 3.63) is 84.1 Å². The number of aromatic nitrogens is 1. The molecule has 8 heteroatoms. The number of nitrogens with one attached hydrogen (secondary N) is 1. The van der Waals surface area contributed by atoms with Gasteiger partial charge in [0.2, 0.25) is 15.9 Å². The van der Waals surface area contributed by atoms with Crippen molar-refractivity contribution in [1.82, 2.24) is 14.6 Å². The van der Waals surface area contributed by atoms with E-state index in [4.69, 9.17) is 5.26 Å². The number of nitrogens with zero attached hydrogens (tertiary/aromatic N) is 3. The number of nitriles is 1. The van der Waals surface area contributed by atoms with Gasteiger partial charge in [0.1, 0.15) is 6.04 Å². The maximum atomic E-state index is 12.8. The van der Waals surface area contributed by atoms with Gasteiger partial charge in [0.25, 0.3) is 0 Å². The highest BCUT2D eigenvalue weighted by Gasteiger charge is 2.34. The van der Waals surface area contributed by atoms with Crippen molar-refractivity contribution < 1.29 is 13.2 Å². The molecule has 0 aliphatic carbocycles. The Hall–Kier alpha value is -3.54. The number of rotatable bonds is 6. The van der Waals surface area contributed by atoms with Gasteiger partial charge in [0.05, 0.1) is 22.2 Å². The van der Waals surface area contributed by atoms with Crippen LogP contribution in [0.1, 0.15) is 17.5 Å². The Balaban J connectivity index is 1.43. The highest BCUT2D eigenvalue weighted by molar-refractivity contribution is 7.89. The summed E-state index contributed by atoms with van der Waals surface area (Å²) < 4.78 is 28.1. The monoisotopic (exact) mass is 432 g/mol. The molecule has 1 aliphatic heterocycles. The zero-order chi connectivity index (χ0) is 21.8. The Labute approximate surface area is 181 Å². The molecule has 1 aromatic heterocycles. The Bertz CT molecular complexity index is 1240. The first kappa shape index (κ1) is 20.7. The number of amides is 1. The van der Waals surface area contributed by atoms with Crippen molar-refractivity contribution in [3.63, 3.8) is 0 Å². The molecule has 2 aromatic carbocycles. The molecule has 2 heterocycles. The summed E-state index contributed by atoms with van der Waals surface area (Å²) in [6.07, 6.45) is 2.07. The number of sulfonamides is 1. The van der Waals surface area contributed by atoms with Gasteiger partial charge in [0, 0.05) is 24.8 Å². The zero-order valence-electron chi connectivity index (χ0n) is 16.6. The fraction of sp³-hybridized carbons (Fsp3) is 0.174. The molecule has 0 spiro atoms. The average Bonchev–Trinajstić information content (AvgIpc) is 3.13. The summed E-state index contributed by atoms with van der Waals surface area (Å²) in [7, 11) is -3.84. The van der Waals surface area contributed by atoms with Crippen LogP contribution in [0.5, 0.6) is 0 Å². The molecule has 31 heavy (non-hydrogen) atoms. The minimum absolute atomic E-state index is 0.0974. The van der Waals surface area contributed by atoms with Gasteiger partial charge in [-0.1, -0.05) is 30.3 Å². The van der Waals surface area contributed by atoms with Crippen LogP contribution in [-0.2, 0) is 21.4 Å². The Morgan fingerprint density at radius 2 is 1.90 bits per heavy atom.